The number of rotatable bonds is 7. The van der Waals surface area contributed by atoms with E-state index in [1.165, 1.54) is 0 Å². The number of carbonyl (C=O) groups excluding carboxylic acids is 3. The number of nitrogens with one attached hydrogen (secondary N) is 1. The van der Waals surface area contributed by atoms with Crippen LogP contribution in [0.3, 0.4) is 0 Å². The van der Waals surface area contributed by atoms with Gasteiger partial charge in [0.1, 0.15) is 12.2 Å². The second-order valence-electron chi connectivity index (χ2n) is 5.05. The maximum atomic E-state index is 11.6. The third kappa shape index (κ3) is 4.47. The highest BCUT2D eigenvalue weighted by Gasteiger charge is 2.29. The minimum atomic E-state index is -0.626. The fourth-order valence-electron chi connectivity index (χ4n) is 2.11. The van der Waals surface area contributed by atoms with Crippen molar-refractivity contribution in [1.82, 2.24) is 10.2 Å². The number of carbonyl (C=O) groups is 3. The van der Waals surface area contributed by atoms with Crippen LogP contribution in [0.4, 0.5) is 10.5 Å². The molecule has 7 heteroatoms. The van der Waals surface area contributed by atoms with Crippen molar-refractivity contribution in [2.24, 2.45) is 0 Å². The lowest BCUT2D eigenvalue weighted by Gasteiger charge is -2.24. The van der Waals surface area contributed by atoms with Gasteiger partial charge in [-0.2, -0.15) is 0 Å². The van der Waals surface area contributed by atoms with E-state index in [1.807, 2.05) is 12.1 Å². The number of nitrogens with two attached hydrogens (primary N) is 1. The van der Waals surface area contributed by atoms with Crippen molar-refractivity contribution in [1.29, 1.82) is 0 Å². The molecule has 2 rings (SSSR count). The average Bonchev–Trinajstić information content (AvgIpc) is 2.46. The summed E-state index contributed by atoms with van der Waals surface area (Å²) in [7, 11) is 0. The van der Waals surface area contributed by atoms with E-state index in [4.69, 9.17) is 10.5 Å². The smallest absolute Gasteiger partial charge is 0.330 e. The van der Waals surface area contributed by atoms with E-state index in [0.717, 1.165) is 23.5 Å². The van der Waals surface area contributed by atoms with Crippen molar-refractivity contribution in [3.63, 3.8) is 0 Å². The van der Waals surface area contributed by atoms with Crippen molar-refractivity contribution in [2.75, 3.05) is 18.9 Å². The van der Waals surface area contributed by atoms with Crippen LogP contribution in [0.5, 0.6) is 5.75 Å². The predicted octanol–water partition coefficient (Wildman–Crippen LogP) is 1.29. The topological polar surface area (TPSA) is 102 Å². The normalized spacial score (nSPS) is 14.9. The lowest BCUT2D eigenvalue weighted by atomic mass is 10.2. The second-order valence-corrected chi connectivity index (χ2v) is 5.05. The SMILES string of the molecule is Nc1ccc(OCCCCCN2C(=O)CC(=O)NC2=O)cc1. The number of urea groups is 1. The van der Waals surface area contributed by atoms with E-state index in [-0.39, 0.29) is 6.42 Å². The first-order valence-electron chi connectivity index (χ1n) is 7.19. The van der Waals surface area contributed by atoms with Gasteiger partial charge in [0, 0.05) is 12.2 Å². The molecule has 0 aromatic heterocycles. The number of nitrogen functional groups attached to an aromatic ring is 1. The number of nitrogens with zero attached hydrogens (tertiary/aromatic N) is 1. The molecular weight excluding hydrogens is 286 g/mol. The van der Waals surface area contributed by atoms with Gasteiger partial charge in [-0.15, -0.1) is 0 Å². The lowest BCUT2D eigenvalue weighted by molar-refractivity contribution is -0.136. The molecule has 0 atom stereocenters. The van der Waals surface area contributed by atoms with Gasteiger partial charge < -0.3 is 10.5 Å². The zero-order chi connectivity index (χ0) is 15.9. The van der Waals surface area contributed by atoms with Gasteiger partial charge in [-0.05, 0) is 43.5 Å². The number of anilines is 1. The quantitative estimate of drug-likeness (QED) is 0.449. The fraction of sp³-hybridized carbons (Fsp3) is 0.400. The molecule has 0 unspecified atom stereocenters. The number of ether oxygens (including phenoxy) is 1. The molecule has 4 amide bonds. The van der Waals surface area contributed by atoms with Crippen molar-refractivity contribution < 1.29 is 19.1 Å². The van der Waals surface area contributed by atoms with Crippen LogP contribution < -0.4 is 15.8 Å². The number of hydrogen-bond acceptors (Lipinski definition) is 5. The van der Waals surface area contributed by atoms with E-state index >= 15 is 0 Å². The molecule has 0 radical (unpaired) electrons. The number of imide groups is 2. The Morgan fingerprint density at radius 1 is 1.09 bits per heavy atom. The molecule has 1 fully saturated rings. The summed E-state index contributed by atoms with van der Waals surface area (Å²) in [5.74, 6) is -0.215. The standard InChI is InChI=1S/C15H19N3O4/c16-11-4-6-12(7-5-11)22-9-3-1-2-8-18-14(20)10-13(19)17-15(18)21/h4-7H,1-3,8-10,16H2,(H,17,19,21). The van der Waals surface area contributed by atoms with Crippen LogP contribution in [0.15, 0.2) is 24.3 Å². The highest BCUT2D eigenvalue weighted by atomic mass is 16.5. The summed E-state index contributed by atoms with van der Waals surface area (Å²) in [6.07, 6.45) is 2.05. The molecule has 1 aromatic carbocycles. The number of amides is 4. The van der Waals surface area contributed by atoms with Crippen molar-refractivity contribution in [3.8, 4) is 5.75 Å². The first-order valence-corrected chi connectivity index (χ1v) is 7.19. The molecule has 1 aliphatic heterocycles. The molecule has 0 aliphatic carbocycles. The van der Waals surface area contributed by atoms with Crippen LogP contribution in [0, 0.1) is 0 Å². The summed E-state index contributed by atoms with van der Waals surface area (Å²) in [5, 5.41) is 2.13. The molecule has 118 valence electrons. The molecule has 1 saturated heterocycles. The van der Waals surface area contributed by atoms with Crippen LogP contribution in [0.2, 0.25) is 0 Å². The monoisotopic (exact) mass is 305 g/mol. The summed E-state index contributed by atoms with van der Waals surface area (Å²) >= 11 is 0. The summed E-state index contributed by atoms with van der Waals surface area (Å²) < 4.78 is 5.55. The van der Waals surface area contributed by atoms with E-state index < -0.39 is 17.8 Å². The van der Waals surface area contributed by atoms with Gasteiger partial charge in [0.05, 0.1) is 6.61 Å². The number of unbranched alkanes of at least 4 members (excludes halogenated alkanes) is 2. The Morgan fingerprint density at radius 2 is 1.82 bits per heavy atom. The Morgan fingerprint density at radius 3 is 2.50 bits per heavy atom. The molecule has 0 bridgehead atoms. The van der Waals surface area contributed by atoms with Gasteiger partial charge in [0.25, 0.3) is 0 Å². The van der Waals surface area contributed by atoms with Crippen LogP contribution in [-0.4, -0.2) is 35.9 Å². The lowest BCUT2D eigenvalue weighted by Crippen LogP contribution is -2.52. The largest absolute Gasteiger partial charge is 0.494 e. The highest BCUT2D eigenvalue weighted by Crippen LogP contribution is 2.13. The number of hydrogen-bond donors (Lipinski definition) is 2. The second kappa shape index (κ2) is 7.44. The van der Waals surface area contributed by atoms with Gasteiger partial charge >= 0.3 is 6.03 Å². The Hall–Kier alpha value is -2.57. The molecule has 1 heterocycles. The number of barbiturate groups is 1. The zero-order valence-corrected chi connectivity index (χ0v) is 12.2. The Balaban J connectivity index is 1.61. The molecule has 22 heavy (non-hydrogen) atoms. The van der Waals surface area contributed by atoms with Crippen LogP contribution >= 0.6 is 0 Å². The molecule has 0 spiro atoms. The van der Waals surface area contributed by atoms with Gasteiger partial charge in [-0.3, -0.25) is 19.8 Å². The summed E-state index contributed by atoms with van der Waals surface area (Å²) in [6, 6.07) is 6.54. The molecule has 7 nitrogen and oxygen atoms in total. The van der Waals surface area contributed by atoms with E-state index in [0.29, 0.717) is 25.3 Å². The van der Waals surface area contributed by atoms with Crippen LogP contribution in [0.25, 0.3) is 0 Å². The van der Waals surface area contributed by atoms with Gasteiger partial charge in [-0.1, -0.05) is 0 Å². The van der Waals surface area contributed by atoms with E-state index in [2.05, 4.69) is 5.32 Å². The Kier molecular flexibility index (Phi) is 5.35. The number of benzene rings is 1. The Bertz CT molecular complexity index is 536. The highest BCUT2D eigenvalue weighted by molar-refractivity contribution is 6.14. The molecular formula is C15H19N3O4. The predicted molar refractivity (Wildman–Crippen MR) is 80.1 cm³/mol. The summed E-state index contributed by atoms with van der Waals surface area (Å²) in [4.78, 5) is 35.1. The third-order valence-corrected chi connectivity index (χ3v) is 3.28. The van der Waals surface area contributed by atoms with Crippen LogP contribution in [0.1, 0.15) is 25.7 Å². The maximum absolute atomic E-state index is 11.6. The van der Waals surface area contributed by atoms with Crippen molar-refractivity contribution >= 4 is 23.5 Å². The molecule has 1 aliphatic rings. The van der Waals surface area contributed by atoms with Crippen LogP contribution in [-0.2, 0) is 9.59 Å². The van der Waals surface area contributed by atoms with Crippen molar-refractivity contribution in [2.45, 2.75) is 25.7 Å². The maximum Gasteiger partial charge on any atom is 0.330 e. The average molecular weight is 305 g/mol. The fourth-order valence-corrected chi connectivity index (χ4v) is 2.11. The Labute approximate surface area is 128 Å². The van der Waals surface area contributed by atoms with Gasteiger partial charge in [0.2, 0.25) is 11.8 Å². The first-order chi connectivity index (χ1) is 10.6. The summed E-state index contributed by atoms with van der Waals surface area (Å²) in [5.41, 5.74) is 6.27. The van der Waals surface area contributed by atoms with Gasteiger partial charge in [-0.25, -0.2) is 4.79 Å². The molecule has 0 saturated carbocycles. The third-order valence-electron chi connectivity index (χ3n) is 3.28. The zero-order valence-electron chi connectivity index (χ0n) is 12.2. The minimum Gasteiger partial charge on any atom is -0.494 e. The van der Waals surface area contributed by atoms with E-state index in [1.54, 1.807) is 12.1 Å². The molecule has 3 N–H and O–H groups in total. The van der Waals surface area contributed by atoms with Crippen molar-refractivity contribution in [3.05, 3.63) is 24.3 Å². The molecule has 1 aromatic rings. The van der Waals surface area contributed by atoms with E-state index in [9.17, 15) is 14.4 Å². The summed E-state index contributed by atoms with van der Waals surface area (Å²) in [6.45, 7) is 0.877. The minimum absolute atomic E-state index is 0.258. The first kappa shape index (κ1) is 15.8. The van der Waals surface area contributed by atoms with Gasteiger partial charge in [0.15, 0.2) is 0 Å².